The van der Waals surface area contributed by atoms with Crippen LogP contribution in [0.2, 0.25) is 0 Å². The molecule has 1 aromatic heterocycles. The van der Waals surface area contributed by atoms with Crippen molar-refractivity contribution in [2.75, 3.05) is 0 Å². The largest absolute Gasteiger partial charge is 0.309 e. The summed E-state index contributed by atoms with van der Waals surface area (Å²) in [5, 5.41) is 2.61. The second-order valence-electron chi connectivity index (χ2n) is 18.5. The van der Waals surface area contributed by atoms with E-state index < -0.39 is 0 Å². The maximum atomic E-state index is 2.63. The minimum atomic E-state index is -0.0203. The topological polar surface area (TPSA) is 4.93 Å². The van der Waals surface area contributed by atoms with Gasteiger partial charge in [0.25, 0.3) is 0 Å². The van der Waals surface area contributed by atoms with E-state index in [-0.39, 0.29) is 5.41 Å². The van der Waals surface area contributed by atoms with E-state index in [4.69, 9.17) is 0 Å². The van der Waals surface area contributed by atoms with E-state index in [1.807, 2.05) is 0 Å². The molecule has 1 aliphatic rings. The van der Waals surface area contributed by atoms with E-state index in [0.29, 0.717) is 0 Å². The lowest BCUT2D eigenvalue weighted by Crippen LogP contribution is -2.25. The summed E-state index contributed by atoms with van der Waals surface area (Å²) in [5.41, 5.74) is 20.1. The third-order valence-electron chi connectivity index (χ3n) is 14.1. The third kappa shape index (κ3) is 8.32. The SMILES string of the molecule is CCCCCCCCC1(CCCCCCCC)c2cc(-c3ccc(-c4ccc(C)cc4)cc3)ccc2-c2ccc(-c3cc(C)cc(-n4c5ccccc5c5ccccc54)c3)cc21. The van der Waals surface area contributed by atoms with Crippen molar-refractivity contribution in [2.45, 2.75) is 123 Å². The van der Waals surface area contributed by atoms with Crippen molar-refractivity contribution in [2.24, 2.45) is 0 Å². The predicted octanol–water partition coefficient (Wildman–Crippen LogP) is 18.2. The number of benzene rings is 7. The molecular weight excluding hydrogens is 747 g/mol. The van der Waals surface area contributed by atoms with E-state index in [0.717, 1.165) is 0 Å². The van der Waals surface area contributed by atoms with E-state index in [1.165, 1.54) is 173 Å². The first kappa shape index (κ1) is 41.7. The first-order valence-electron chi connectivity index (χ1n) is 24.0. The highest BCUT2D eigenvalue weighted by atomic mass is 15.0. The van der Waals surface area contributed by atoms with Gasteiger partial charge in [-0.25, -0.2) is 0 Å². The highest BCUT2D eigenvalue weighted by Crippen LogP contribution is 2.56. The monoisotopic (exact) mass is 812 g/mol. The van der Waals surface area contributed by atoms with Gasteiger partial charge in [-0.3, -0.25) is 0 Å². The van der Waals surface area contributed by atoms with Gasteiger partial charge < -0.3 is 4.57 Å². The number of para-hydroxylation sites is 2. The van der Waals surface area contributed by atoms with Crippen LogP contribution in [0.3, 0.4) is 0 Å². The predicted molar refractivity (Wildman–Crippen MR) is 269 cm³/mol. The van der Waals surface area contributed by atoms with Gasteiger partial charge in [-0.15, -0.1) is 0 Å². The minimum absolute atomic E-state index is 0.0203. The summed E-state index contributed by atoms with van der Waals surface area (Å²) in [6.07, 6.45) is 18.2. The average Bonchev–Trinajstić information content (AvgIpc) is 3.78. The van der Waals surface area contributed by atoms with Crippen molar-refractivity contribution in [3.8, 4) is 50.2 Å². The van der Waals surface area contributed by atoms with Crippen molar-refractivity contribution < 1.29 is 0 Å². The number of hydrogen-bond acceptors (Lipinski definition) is 0. The Bertz CT molecular complexity index is 2710. The van der Waals surface area contributed by atoms with Gasteiger partial charge in [0.2, 0.25) is 0 Å². The molecule has 0 saturated heterocycles. The molecule has 0 bridgehead atoms. The number of hydrogen-bond donors (Lipinski definition) is 0. The van der Waals surface area contributed by atoms with Crippen molar-refractivity contribution in [1.29, 1.82) is 0 Å². The van der Waals surface area contributed by atoms with Crippen LogP contribution >= 0.6 is 0 Å². The standard InChI is InChI=1S/C61H65N/c1-5-7-9-11-13-19-37-61(38-20-14-12-10-8-6-2)57-42-49(48-31-29-47(30-32-48)46-27-25-44(3)26-28-46)33-35-53(57)54-36-34-50(43-58(54)61)51-39-45(4)40-52(41-51)62-59-23-17-15-21-55(59)56-22-16-18-24-60(56)62/h15-18,21-36,39-43H,5-14,19-20,37-38H2,1-4H3. The van der Waals surface area contributed by atoms with Crippen LogP contribution in [0.1, 0.15) is 126 Å². The Kier molecular flexibility index (Phi) is 12.6. The molecule has 0 spiro atoms. The zero-order valence-corrected chi connectivity index (χ0v) is 37.8. The lowest BCUT2D eigenvalue weighted by atomic mass is 9.70. The van der Waals surface area contributed by atoms with Crippen molar-refractivity contribution in [1.82, 2.24) is 4.57 Å². The Morgan fingerprint density at radius 3 is 1.34 bits per heavy atom. The number of rotatable bonds is 18. The number of aromatic nitrogens is 1. The summed E-state index contributed by atoms with van der Waals surface area (Å²) >= 11 is 0. The maximum Gasteiger partial charge on any atom is 0.0541 e. The van der Waals surface area contributed by atoms with E-state index >= 15 is 0 Å². The number of nitrogens with zero attached hydrogens (tertiary/aromatic N) is 1. The lowest BCUT2D eigenvalue weighted by Gasteiger charge is -2.33. The van der Waals surface area contributed by atoms with Gasteiger partial charge in [-0.2, -0.15) is 0 Å². The van der Waals surface area contributed by atoms with Gasteiger partial charge >= 0.3 is 0 Å². The average molecular weight is 812 g/mol. The molecule has 1 heteroatoms. The molecule has 0 radical (unpaired) electrons. The quantitative estimate of drug-likeness (QED) is 0.0761. The smallest absolute Gasteiger partial charge is 0.0541 e. The van der Waals surface area contributed by atoms with Crippen LogP contribution in [0.15, 0.2) is 152 Å². The zero-order chi connectivity index (χ0) is 42.5. The highest BCUT2D eigenvalue weighted by Gasteiger charge is 2.42. The fourth-order valence-electron chi connectivity index (χ4n) is 10.8. The Hall–Kier alpha value is -5.66. The summed E-state index contributed by atoms with van der Waals surface area (Å²) in [7, 11) is 0. The van der Waals surface area contributed by atoms with Gasteiger partial charge in [-0.1, -0.05) is 212 Å². The molecule has 9 rings (SSSR count). The molecule has 0 N–H and O–H groups in total. The molecule has 0 atom stereocenters. The Balaban J connectivity index is 1.14. The van der Waals surface area contributed by atoms with Gasteiger partial charge in [0.15, 0.2) is 0 Å². The molecule has 1 heterocycles. The second kappa shape index (κ2) is 18.8. The van der Waals surface area contributed by atoms with Crippen molar-refractivity contribution in [3.05, 3.63) is 174 Å². The van der Waals surface area contributed by atoms with Crippen LogP contribution in [-0.2, 0) is 5.41 Å². The molecule has 0 aliphatic heterocycles. The molecule has 1 nitrogen and oxygen atoms in total. The molecule has 0 saturated carbocycles. The Morgan fingerprint density at radius 2 is 0.806 bits per heavy atom. The fourth-order valence-corrected chi connectivity index (χ4v) is 10.8. The highest BCUT2D eigenvalue weighted by molar-refractivity contribution is 6.09. The van der Waals surface area contributed by atoms with Crippen LogP contribution in [-0.4, -0.2) is 4.57 Å². The molecule has 7 aromatic carbocycles. The van der Waals surface area contributed by atoms with Crippen LogP contribution in [0, 0.1) is 13.8 Å². The van der Waals surface area contributed by atoms with Gasteiger partial charge in [0.05, 0.1) is 11.0 Å². The third-order valence-corrected chi connectivity index (χ3v) is 14.1. The normalized spacial score (nSPS) is 12.9. The van der Waals surface area contributed by atoms with Crippen LogP contribution in [0.5, 0.6) is 0 Å². The summed E-state index contributed by atoms with van der Waals surface area (Å²) in [6.45, 7) is 9.08. The van der Waals surface area contributed by atoms with E-state index in [1.54, 1.807) is 11.1 Å². The maximum absolute atomic E-state index is 2.63. The van der Waals surface area contributed by atoms with Crippen LogP contribution in [0.25, 0.3) is 72.0 Å². The van der Waals surface area contributed by atoms with E-state index in [9.17, 15) is 0 Å². The zero-order valence-electron chi connectivity index (χ0n) is 37.8. The molecule has 0 unspecified atom stereocenters. The van der Waals surface area contributed by atoms with Gasteiger partial charge in [-0.05, 0) is 124 Å². The molecule has 8 aromatic rings. The molecule has 0 fully saturated rings. The van der Waals surface area contributed by atoms with E-state index in [2.05, 4.69) is 184 Å². The van der Waals surface area contributed by atoms with Crippen molar-refractivity contribution in [3.63, 3.8) is 0 Å². The van der Waals surface area contributed by atoms with Gasteiger partial charge in [0.1, 0.15) is 0 Å². The first-order chi connectivity index (χ1) is 30.5. The van der Waals surface area contributed by atoms with Crippen molar-refractivity contribution >= 4 is 21.8 Å². The molecule has 0 amide bonds. The Labute approximate surface area is 371 Å². The second-order valence-corrected chi connectivity index (χ2v) is 18.5. The Morgan fingerprint density at radius 1 is 0.371 bits per heavy atom. The molecule has 1 aliphatic carbocycles. The summed E-state index contributed by atoms with van der Waals surface area (Å²) in [6, 6.07) is 58.2. The molecule has 62 heavy (non-hydrogen) atoms. The minimum Gasteiger partial charge on any atom is -0.309 e. The lowest BCUT2D eigenvalue weighted by molar-refractivity contribution is 0.398. The number of fused-ring (bicyclic) bond motifs is 6. The fraction of sp³-hybridized carbons (Fsp3) is 0.311. The number of unbranched alkanes of at least 4 members (excludes halogenated alkanes) is 10. The summed E-state index contributed by atoms with van der Waals surface area (Å²) < 4.78 is 2.47. The summed E-state index contributed by atoms with van der Waals surface area (Å²) in [4.78, 5) is 0. The van der Waals surface area contributed by atoms with Gasteiger partial charge in [0, 0.05) is 21.9 Å². The molecule has 314 valence electrons. The number of aryl methyl sites for hydroxylation is 2. The summed E-state index contributed by atoms with van der Waals surface area (Å²) in [5.74, 6) is 0. The first-order valence-corrected chi connectivity index (χ1v) is 24.0. The molecular formula is C61H65N. The van der Waals surface area contributed by atoms with Crippen LogP contribution < -0.4 is 0 Å². The van der Waals surface area contributed by atoms with Crippen LogP contribution in [0.4, 0.5) is 0 Å².